The number of rotatable bonds is 5. The number of anilines is 2. The molecule has 0 aromatic carbocycles. The lowest BCUT2D eigenvalue weighted by atomic mass is 10.4. The third-order valence-corrected chi connectivity index (χ3v) is 2.71. The van der Waals surface area contributed by atoms with Gasteiger partial charge in [-0.05, 0) is 19.8 Å². The Morgan fingerprint density at radius 2 is 2.35 bits per heavy atom. The Kier molecular flexibility index (Phi) is 3.08. The van der Waals surface area contributed by atoms with Crippen LogP contribution >= 0.6 is 0 Å². The first kappa shape index (κ1) is 11.6. The highest BCUT2D eigenvalue weighted by molar-refractivity contribution is 5.59. The first-order chi connectivity index (χ1) is 8.13. The Balaban J connectivity index is 2.35. The van der Waals surface area contributed by atoms with E-state index >= 15 is 0 Å². The first-order valence-corrected chi connectivity index (χ1v) is 5.61. The molecule has 17 heavy (non-hydrogen) atoms. The smallest absolute Gasteiger partial charge is 0.329 e. The highest BCUT2D eigenvalue weighted by Crippen LogP contribution is 2.34. The summed E-state index contributed by atoms with van der Waals surface area (Å²) in [6, 6.07) is 0.373. The van der Waals surface area contributed by atoms with Gasteiger partial charge >= 0.3 is 5.69 Å². The van der Waals surface area contributed by atoms with Gasteiger partial charge in [-0.15, -0.1) is 0 Å². The third kappa shape index (κ3) is 2.43. The van der Waals surface area contributed by atoms with E-state index in [0.717, 1.165) is 12.8 Å². The fourth-order valence-electron chi connectivity index (χ4n) is 1.63. The zero-order chi connectivity index (χ0) is 12.4. The minimum atomic E-state index is -0.441. The molecule has 0 bridgehead atoms. The van der Waals surface area contributed by atoms with Crippen molar-refractivity contribution < 1.29 is 4.92 Å². The molecule has 0 spiro atoms. The second kappa shape index (κ2) is 4.52. The van der Waals surface area contributed by atoms with E-state index in [4.69, 9.17) is 0 Å². The predicted octanol–water partition coefficient (Wildman–Crippen LogP) is 1.42. The summed E-state index contributed by atoms with van der Waals surface area (Å²) >= 11 is 0. The number of nitrogens with zero attached hydrogens (tertiary/aromatic N) is 4. The monoisotopic (exact) mass is 237 g/mol. The quantitative estimate of drug-likeness (QED) is 0.615. The van der Waals surface area contributed by atoms with Crippen molar-refractivity contribution in [1.82, 2.24) is 9.97 Å². The molecule has 1 fully saturated rings. The summed E-state index contributed by atoms with van der Waals surface area (Å²) in [6.45, 7) is 2.61. The number of aromatic nitrogens is 2. The minimum absolute atomic E-state index is 0.0407. The van der Waals surface area contributed by atoms with Gasteiger partial charge in [0, 0.05) is 19.6 Å². The van der Waals surface area contributed by atoms with Crippen LogP contribution in [0.5, 0.6) is 0 Å². The Bertz CT molecular complexity index is 433. The van der Waals surface area contributed by atoms with Gasteiger partial charge in [0.2, 0.25) is 11.8 Å². The van der Waals surface area contributed by atoms with Crippen molar-refractivity contribution in [3.63, 3.8) is 0 Å². The van der Waals surface area contributed by atoms with Crippen molar-refractivity contribution in [2.75, 3.05) is 23.8 Å². The summed E-state index contributed by atoms with van der Waals surface area (Å²) in [7, 11) is 1.84. The Morgan fingerprint density at radius 3 is 2.88 bits per heavy atom. The summed E-state index contributed by atoms with van der Waals surface area (Å²) in [6.07, 6.45) is 3.39. The molecule has 1 aliphatic rings. The van der Waals surface area contributed by atoms with E-state index in [1.54, 1.807) is 0 Å². The molecule has 1 heterocycles. The highest BCUT2D eigenvalue weighted by Gasteiger charge is 2.32. The molecule has 0 saturated heterocycles. The summed E-state index contributed by atoms with van der Waals surface area (Å²) in [4.78, 5) is 20.5. The highest BCUT2D eigenvalue weighted by atomic mass is 16.6. The zero-order valence-corrected chi connectivity index (χ0v) is 9.88. The summed E-state index contributed by atoms with van der Waals surface area (Å²) in [5.74, 6) is 0.823. The number of nitrogens with one attached hydrogen (secondary N) is 1. The predicted molar refractivity (Wildman–Crippen MR) is 64.3 cm³/mol. The molecule has 1 aromatic rings. The Hall–Kier alpha value is -1.92. The number of hydrogen-bond donors (Lipinski definition) is 1. The van der Waals surface area contributed by atoms with Crippen LogP contribution in [0.15, 0.2) is 6.20 Å². The van der Waals surface area contributed by atoms with E-state index in [1.165, 1.54) is 6.20 Å². The molecule has 0 atom stereocenters. The first-order valence-electron chi connectivity index (χ1n) is 5.61. The molecule has 7 nitrogen and oxygen atoms in total. The van der Waals surface area contributed by atoms with E-state index < -0.39 is 4.92 Å². The zero-order valence-electron chi connectivity index (χ0n) is 9.88. The van der Waals surface area contributed by atoms with Gasteiger partial charge in [-0.2, -0.15) is 4.98 Å². The molecular weight excluding hydrogens is 222 g/mol. The lowest BCUT2D eigenvalue weighted by molar-refractivity contribution is -0.384. The minimum Gasteiger partial charge on any atom is -0.354 e. The summed E-state index contributed by atoms with van der Waals surface area (Å²) in [5.41, 5.74) is -0.0407. The van der Waals surface area contributed by atoms with Crippen LogP contribution in [0, 0.1) is 10.1 Å². The second-order valence-electron chi connectivity index (χ2n) is 4.03. The van der Waals surface area contributed by atoms with Gasteiger partial charge in [-0.3, -0.25) is 10.1 Å². The average Bonchev–Trinajstić information content (AvgIpc) is 3.12. The Morgan fingerprint density at radius 1 is 1.65 bits per heavy atom. The van der Waals surface area contributed by atoms with Crippen molar-refractivity contribution in [2.45, 2.75) is 25.8 Å². The Labute approximate surface area is 99.0 Å². The maximum atomic E-state index is 10.9. The molecule has 92 valence electrons. The van der Waals surface area contributed by atoms with Crippen molar-refractivity contribution in [3.05, 3.63) is 16.3 Å². The van der Waals surface area contributed by atoms with Gasteiger partial charge in [0.15, 0.2) is 0 Å². The van der Waals surface area contributed by atoms with Crippen molar-refractivity contribution in [1.29, 1.82) is 0 Å². The van der Waals surface area contributed by atoms with Gasteiger partial charge in [-0.25, -0.2) is 4.98 Å². The van der Waals surface area contributed by atoms with Crippen LogP contribution in [0.1, 0.15) is 19.8 Å². The summed E-state index contributed by atoms with van der Waals surface area (Å²) < 4.78 is 0. The van der Waals surface area contributed by atoms with Gasteiger partial charge in [0.05, 0.1) is 4.92 Å². The van der Waals surface area contributed by atoms with Crippen LogP contribution < -0.4 is 10.2 Å². The molecule has 0 aliphatic heterocycles. The average molecular weight is 237 g/mol. The van der Waals surface area contributed by atoms with Gasteiger partial charge in [0.1, 0.15) is 6.20 Å². The molecule has 1 aliphatic carbocycles. The van der Waals surface area contributed by atoms with Gasteiger partial charge in [0.25, 0.3) is 0 Å². The summed E-state index contributed by atoms with van der Waals surface area (Å²) in [5, 5.41) is 13.9. The van der Waals surface area contributed by atoms with E-state index in [-0.39, 0.29) is 5.69 Å². The van der Waals surface area contributed by atoms with E-state index in [1.807, 2.05) is 18.9 Å². The second-order valence-corrected chi connectivity index (χ2v) is 4.03. The van der Waals surface area contributed by atoms with Crippen molar-refractivity contribution in [2.24, 2.45) is 0 Å². The molecule has 1 aromatic heterocycles. The van der Waals surface area contributed by atoms with Crippen LogP contribution in [-0.4, -0.2) is 34.5 Å². The molecule has 0 radical (unpaired) electrons. The normalized spacial score (nSPS) is 14.5. The van der Waals surface area contributed by atoms with Crippen LogP contribution in [-0.2, 0) is 0 Å². The number of hydrogen-bond acceptors (Lipinski definition) is 6. The van der Waals surface area contributed by atoms with Gasteiger partial charge in [-0.1, -0.05) is 0 Å². The van der Waals surface area contributed by atoms with E-state index in [0.29, 0.717) is 24.4 Å². The standard InChI is InChI=1S/C10H15N5O2/c1-3-11-10-12-6-8(15(16)17)9(13-10)14(2)7-4-5-7/h6-7H,3-5H2,1-2H3,(H,11,12,13). The fourth-order valence-corrected chi connectivity index (χ4v) is 1.63. The molecule has 0 unspecified atom stereocenters. The maximum absolute atomic E-state index is 10.9. The number of nitro groups is 1. The third-order valence-electron chi connectivity index (χ3n) is 2.71. The fraction of sp³-hybridized carbons (Fsp3) is 0.600. The SMILES string of the molecule is CCNc1ncc([N+](=O)[O-])c(N(C)C2CC2)n1. The maximum Gasteiger partial charge on any atom is 0.329 e. The van der Waals surface area contributed by atoms with Crippen LogP contribution in [0.3, 0.4) is 0 Å². The molecule has 0 amide bonds. The topological polar surface area (TPSA) is 84.2 Å². The molecule has 7 heteroatoms. The largest absolute Gasteiger partial charge is 0.354 e. The van der Waals surface area contributed by atoms with Crippen LogP contribution in [0.2, 0.25) is 0 Å². The van der Waals surface area contributed by atoms with Crippen molar-refractivity contribution >= 4 is 17.5 Å². The molecule has 2 rings (SSSR count). The molecule has 1 saturated carbocycles. The van der Waals surface area contributed by atoms with E-state index in [9.17, 15) is 10.1 Å². The van der Waals surface area contributed by atoms with Crippen LogP contribution in [0.25, 0.3) is 0 Å². The molecular formula is C10H15N5O2. The van der Waals surface area contributed by atoms with Gasteiger partial charge < -0.3 is 10.2 Å². The van der Waals surface area contributed by atoms with Crippen molar-refractivity contribution in [3.8, 4) is 0 Å². The van der Waals surface area contributed by atoms with E-state index in [2.05, 4.69) is 15.3 Å². The van der Waals surface area contributed by atoms with Crippen LogP contribution in [0.4, 0.5) is 17.5 Å². The lowest BCUT2D eigenvalue weighted by Gasteiger charge is -2.17. The molecule has 1 N–H and O–H groups in total. The lowest BCUT2D eigenvalue weighted by Crippen LogP contribution is -2.22.